The Labute approximate surface area is 180 Å². The molecule has 0 N–H and O–H groups in total. The van der Waals surface area contributed by atoms with Gasteiger partial charge in [-0.05, 0) is 36.6 Å². The van der Waals surface area contributed by atoms with Crippen LogP contribution in [-0.2, 0) is 13.1 Å². The van der Waals surface area contributed by atoms with Crippen molar-refractivity contribution in [2.75, 3.05) is 33.8 Å². The van der Waals surface area contributed by atoms with E-state index in [1.54, 1.807) is 7.11 Å². The van der Waals surface area contributed by atoms with Crippen LogP contribution in [0.4, 0.5) is 0 Å². The number of ether oxygens (including phenoxy) is 1. The Hall–Kier alpha value is -1.53. The minimum Gasteiger partial charge on any atom is -0.497 e. The molecule has 0 spiro atoms. The summed E-state index contributed by atoms with van der Waals surface area (Å²) in [5.74, 6) is 2.36. The lowest BCUT2D eigenvalue weighted by atomic mass is 9.89. The van der Waals surface area contributed by atoms with Crippen molar-refractivity contribution in [3.05, 3.63) is 60.4 Å². The van der Waals surface area contributed by atoms with Gasteiger partial charge in [-0.3, -0.25) is 14.5 Å². The first-order valence-electron chi connectivity index (χ1n) is 9.36. The molecular formula is C21H30Cl2N4O. The van der Waals surface area contributed by atoms with E-state index in [0.717, 1.165) is 31.3 Å². The summed E-state index contributed by atoms with van der Waals surface area (Å²) in [6.07, 6.45) is 6.01. The molecule has 0 saturated carbocycles. The van der Waals surface area contributed by atoms with Crippen molar-refractivity contribution < 1.29 is 4.74 Å². The zero-order chi connectivity index (χ0) is 18.1. The van der Waals surface area contributed by atoms with Crippen LogP contribution in [0.1, 0.15) is 17.2 Å². The summed E-state index contributed by atoms with van der Waals surface area (Å²) in [6.45, 7) is 9.04. The highest BCUT2D eigenvalue weighted by Gasteiger charge is 2.45. The predicted molar refractivity (Wildman–Crippen MR) is 118 cm³/mol. The average Bonchev–Trinajstić information content (AvgIpc) is 3.30. The molecule has 0 bridgehead atoms. The Morgan fingerprint density at radius 1 is 1.18 bits per heavy atom. The quantitative estimate of drug-likeness (QED) is 0.662. The lowest BCUT2D eigenvalue weighted by Crippen LogP contribution is -2.28. The molecule has 0 aliphatic carbocycles. The molecule has 154 valence electrons. The third-order valence-corrected chi connectivity index (χ3v) is 5.84. The van der Waals surface area contributed by atoms with E-state index < -0.39 is 0 Å². The maximum absolute atomic E-state index is 5.31. The van der Waals surface area contributed by atoms with Crippen molar-refractivity contribution in [3.8, 4) is 5.75 Å². The molecule has 28 heavy (non-hydrogen) atoms. The summed E-state index contributed by atoms with van der Waals surface area (Å²) in [5, 5.41) is 4.41. The molecule has 2 aromatic rings. The third-order valence-electron chi connectivity index (χ3n) is 5.84. The number of methoxy groups -OCH3 is 1. The molecule has 0 radical (unpaired) electrons. The SMILES string of the molecule is C=CCn1cc(CN2C[C@@H]3CN(C)[C@H](c4ccc(OC)cc4)[C@@H]3C2)cn1.Cl.Cl. The van der Waals surface area contributed by atoms with Gasteiger partial charge < -0.3 is 4.74 Å². The largest absolute Gasteiger partial charge is 0.497 e. The lowest BCUT2D eigenvalue weighted by Gasteiger charge is -2.26. The van der Waals surface area contributed by atoms with E-state index in [4.69, 9.17) is 4.74 Å². The number of likely N-dealkylation sites (tertiary alicyclic amines) is 2. The molecule has 1 aromatic carbocycles. The second-order valence-corrected chi connectivity index (χ2v) is 7.63. The van der Waals surface area contributed by atoms with Crippen LogP contribution in [0.15, 0.2) is 49.3 Å². The van der Waals surface area contributed by atoms with E-state index >= 15 is 0 Å². The molecule has 2 saturated heterocycles. The van der Waals surface area contributed by atoms with Gasteiger partial charge in [-0.1, -0.05) is 18.2 Å². The van der Waals surface area contributed by atoms with Crippen molar-refractivity contribution in [2.45, 2.75) is 19.1 Å². The topological polar surface area (TPSA) is 33.5 Å². The highest BCUT2D eigenvalue weighted by atomic mass is 35.5. The number of benzene rings is 1. The van der Waals surface area contributed by atoms with Crippen molar-refractivity contribution in [3.63, 3.8) is 0 Å². The van der Waals surface area contributed by atoms with Gasteiger partial charge in [-0.25, -0.2) is 0 Å². The van der Waals surface area contributed by atoms with Crippen LogP contribution in [0.25, 0.3) is 0 Å². The molecule has 2 fully saturated rings. The third kappa shape index (κ3) is 4.54. The van der Waals surface area contributed by atoms with E-state index in [9.17, 15) is 0 Å². The Bertz CT molecular complexity index is 764. The Balaban J connectivity index is 0.00000140. The van der Waals surface area contributed by atoms with Gasteiger partial charge >= 0.3 is 0 Å². The van der Waals surface area contributed by atoms with E-state index in [2.05, 4.69) is 59.0 Å². The molecule has 2 aliphatic rings. The summed E-state index contributed by atoms with van der Waals surface area (Å²) >= 11 is 0. The molecule has 7 heteroatoms. The maximum Gasteiger partial charge on any atom is 0.118 e. The minimum atomic E-state index is 0. The zero-order valence-corrected chi connectivity index (χ0v) is 18.2. The number of aromatic nitrogens is 2. The summed E-state index contributed by atoms with van der Waals surface area (Å²) in [7, 11) is 3.98. The van der Waals surface area contributed by atoms with Gasteiger partial charge in [0.05, 0.1) is 19.9 Å². The summed E-state index contributed by atoms with van der Waals surface area (Å²) < 4.78 is 7.26. The van der Waals surface area contributed by atoms with E-state index in [1.165, 1.54) is 24.2 Å². The van der Waals surface area contributed by atoms with Crippen molar-refractivity contribution in [1.82, 2.24) is 19.6 Å². The lowest BCUT2D eigenvalue weighted by molar-refractivity contribution is 0.224. The predicted octanol–water partition coefficient (Wildman–Crippen LogP) is 3.66. The Morgan fingerprint density at radius 2 is 1.93 bits per heavy atom. The van der Waals surface area contributed by atoms with Crippen LogP contribution in [0, 0.1) is 11.8 Å². The molecule has 1 aromatic heterocycles. The number of fused-ring (bicyclic) bond motifs is 1. The molecule has 3 atom stereocenters. The molecule has 0 amide bonds. The van der Waals surface area contributed by atoms with Crippen LogP contribution in [-0.4, -0.2) is 53.4 Å². The van der Waals surface area contributed by atoms with Gasteiger partial charge in [0, 0.05) is 44.0 Å². The van der Waals surface area contributed by atoms with E-state index in [-0.39, 0.29) is 24.8 Å². The number of halogens is 2. The molecule has 0 unspecified atom stereocenters. The summed E-state index contributed by atoms with van der Waals surface area (Å²) in [5.41, 5.74) is 2.70. The fourth-order valence-electron chi connectivity index (χ4n) is 4.76. The number of rotatable bonds is 6. The van der Waals surface area contributed by atoms with Crippen molar-refractivity contribution in [2.24, 2.45) is 11.8 Å². The van der Waals surface area contributed by atoms with Crippen LogP contribution >= 0.6 is 24.8 Å². The van der Waals surface area contributed by atoms with E-state index in [1.807, 2.05) is 17.0 Å². The van der Waals surface area contributed by atoms with Crippen LogP contribution in [0.5, 0.6) is 5.75 Å². The fourth-order valence-corrected chi connectivity index (χ4v) is 4.76. The second-order valence-electron chi connectivity index (χ2n) is 7.63. The maximum atomic E-state index is 5.31. The fraction of sp³-hybridized carbons (Fsp3) is 0.476. The number of allylic oxidation sites excluding steroid dienone is 1. The zero-order valence-electron chi connectivity index (χ0n) is 16.5. The number of hydrogen-bond donors (Lipinski definition) is 0. The van der Waals surface area contributed by atoms with Gasteiger partial charge in [-0.15, -0.1) is 31.4 Å². The molecule has 3 heterocycles. The standard InChI is InChI=1S/C21H28N4O.2ClH/c1-4-9-25-12-16(10-22-25)11-24-14-18-13-23(2)21(20(18)15-24)17-5-7-19(26-3)8-6-17;;/h4-8,10,12,18,20-21H,1,9,11,13-15H2,2-3H3;2*1H/t18-,20+,21+;;/m0../s1. The van der Waals surface area contributed by atoms with Gasteiger partial charge in [0.15, 0.2) is 0 Å². The first kappa shape index (κ1) is 22.8. The van der Waals surface area contributed by atoms with Crippen LogP contribution < -0.4 is 4.74 Å². The molecule has 2 aliphatic heterocycles. The Kier molecular flexibility index (Phi) is 7.96. The monoisotopic (exact) mass is 424 g/mol. The van der Waals surface area contributed by atoms with Gasteiger partial charge in [0.1, 0.15) is 5.75 Å². The highest BCUT2D eigenvalue weighted by Crippen LogP contribution is 2.44. The first-order valence-corrected chi connectivity index (χ1v) is 9.36. The second kappa shape index (κ2) is 9.79. The van der Waals surface area contributed by atoms with Gasteiger partial charge in [0.2, 0.25) is 0 Å². The van der Waals surface area contributed by atoms with Crippen LogP contribution in [0.3, 0.4) is 0 Å². The molecular weight excluding hydrogens is 395 g/mol. The van der Waals surface area contributed by atoms with Crippen LogP contribution in [0.2, 0.25) is 0 Å². The Morgan fingerprint density at radius 3 is 2.61 bits per heavy atom. The van der Waals surface area contributed by atoms with Gasteiger partial charge in [-0.2, -0.15) is 5.10 Å². The average molecular weight is 425 g/mol. The van der Waals surface area contributed by atoms with Crippen molar-refractivity contribution >= 4 is 24.8 Å². The number of hydrogen-bond acceptors (Lipinski definition) is 4. The minimum absolute atomic E-state index is 0. The smallest absolute Gasteiger partial charge is 0.118 e. The summed E-state index contributed by atoms with van der Waals surface area (Å²) in [6, 6.07) is 9.11. The van der Waals surface area contributed by atoms with Gasteiger partial charge in [0.25, 0.3) is 0 Å². The van der Waals surface area contributed by atoms with Crippen molar-refractivity contribution in [1.29, 1.82) is 0 Å². The van der Waals surface area contributed by atoms with E-state index in [0.29, 0.717) is 12.0 Å². The molecule has 5 nitrogen and oxygen atoms in total. The molecule has 4 rings (SSSR count). The first-order chi connectivity index (χ1) is 12.7. The normalized spacial score (nSPS) is 24.3. The highest BCUT2D eigenvalue weighted by molar-refractivity contribution is 5.85. The summed E-state index contributed by atoms with van der Waals surface area (Å²) in [4.78, 5) is 5.12. The number of nitrogens with zero attached hydrogens (tertiary/aromatic N) is 4.